The summed E-state index contributed by atoms with van der Waals surface area (Å²) in [5, 5.41) is 1.20. The molecule has 0 N–H and O–H groups in total. The molecule has 0 atom stereocenters. The van der Waals surface area contributed by atoms with E-state index in [0.717, 1.165) is 42.8 Å². The van der Waals surface area contributed by atoms with Crippen molar-refractivity contribution in [2.45, 2.75) is 25.4 Å². The second-order valence-electron chi connectivity index (χ2n) is 7.89. The first kappa shape index (κ1) is 19.8. The maximum atomic E-state index is 13.1. The van der Waals surface area contributed by atoms with Crippen LogP contribution in [0, 0.1) is 0 Å². The fourth-order valence-electron chi connectivity index (χ4n) is 4.04. The standard InChI is InChI=1S/C26H24N2O2S/c29-26(21-9-6-10-22(17-21)30-18-19-7-2-1-3-8-19)28-15-13-20(14-16-28)25-27-23-11-4-5-12-24(23)31-25/h1-12,17,20H,13-16,18H2. The van der Waals surface area contributed by atoms with E-state index in [2.05, 4.69) is 18.2 Å². The number of aromatic nitrogens is 1. The van der Waals surface area contributed by atoms with E-state index in [1.54, 1.807) is 11.3 Å². The van der Waals surface area contributed by atoms with Crippen LogP contribution < -0.4 is 4.74 Å². The number of thiazole rings is 1. The van der Waals surface area contributed by atoms with E-state index in [0.29, 0.717) is 18.1 Å². The van der Waals surface area contributed by atoms with E-state index in [4.69, 9.17) is 9.72 Å². The van der Waals surface area contributed by atoms with Gasteiger partial charge in [0.05, 0.1) is 15.2 Å². The monoisotopic (exact) mass is 428 g/mol. The molecule has 156 valence electrons. The summed E-state index contributed by atoms with van der Waals surface area (Å²) >= 11 is 1.78. The van der Waals surface area contributed by atoms with E-state index in [1.807, 2.05) is 65.6 Å². The van der Waals surface area contributed by atoms with Crippen LogP contribution in [0.4, 0.5) is 0 Å². The van der Waals surface area contributed by atoms with Crippen molar-refractivity contribution in [2.24, 2.45) is 0 Å². The lowest BCUT2D eigenvalue weighted by molar-refractivity contribution is 0.0712. The number of hydrogen-bond donors (Lipinski definition) is 0. The highest BCUT2D eigenvalue weighted by molar-refractivity contribution is 7.18. The van der Waals surface area contributed by atoms with Crippen LogP contribution in [0.1, 0.15) is 39.7 Å². The zero-order valence-electron chi connectivity index (χ0n) is 17.2. The van der Waals surface area contributed by atoms with Gasteiger partial charge in [0.1, 0.15) is 12.4 Å². The first-order chi connectivity index (χ1) is 15.3. The van der Waals surface area contributed by atoms with Crippen molar-refractivity contribution in [2.75, 3.05) is 13.1 Å². The minimum Gasteiger partial charge on any atom is -0.489 e. The molecule has 4 aromatic rings. The van der Waals surface area contributed by atoms with Gasteiger partial charge in [-0.1, -0.05) is 48.5 Å². The van der Waals surface area contributed by atoms with Gasteiger partial charge in [-0.3, -0.25) is 4.79 Å². The Morgan fingerprint density at radius 3 is 2.55 bits per heavy atom. The number of benzene rings is 3. The largest absolute Gasteiger partial charge is 0.489 e. The first-order valence-electron chi connectivity index (χ1n) is 10.7. The third-order valence-electron chi connectivity index (χ3n) is 5.77. The van der Waals surface area contributed by atoms with E-state index in [1.165, 1.54) is 9.71 Å². The van der Waals surface area contributed by atoms with Crippen molar-refractivity contribution in [3.8, 4) is 5.75 Å². The third kappa shape index (κ3) is 4.47. The quantitative estimate of drug-likeness (QED) is 0.398. The van der Waals surface area contributed by atoms with Gasteiger partial charge in [0.15, 0.2) is 0 Å². The number of piperidine rings is 1. The SMILES string of the molecule is O=C(c1cccc(OCc2ccccc2)c1)N1CCC(c2nc3ccccc3s2)CC1. The van der Waals surface area contributed by atoms with Gasteiger partial charge in [-0.25, -0.2) is 4.98 Å². The summed E-state index contributed by atoms with van der Waals surface area (Å²) in [6, 6.07) is 25.9. The molecule has 0 bridgehead atoms. The van der Waals surface area contributed by atoms with Gasteiger partial charge in [0.25, 0.3) is 5.91 Å². The minimum absolute atomic E-state index is 0.0768. The lowest BCUT2D eigenvalue weighted by atomic mass is 9.97. The van der Waals surface area contributed by atoms with Crippen molar-refractivity contribution in [3.63, 3.8) is 0 Å². The number of rotatable bonds is 5. The van der Waals surface area contributed by atoms with E-state index in [9.17, 15) is 4.79 Å². The molecule has 1 aromatic heterocycles. The molecule has 2 heterocycles. The lowest BCUT2D eigenvalue weighted by Crippen LogP contribution is -2.37. The molecule has 5 heteroatoms. The van der Waals surface area contributed by atoms with Gasteiger partial charge in [0.2, 0.25) is 0 Å². The average Bonchev–Trinajstić information content (AvgIpc) is 3.28. The highest BCUT2D eigenvalue weighted by atomic mass is 32.1. The smallest absolute Gasteiger partial charge is 0.253 e. The molecule has 0 unspecified atom stereocenters. The number of fused-ring (bicyclic) bond motifs is 1. The number of likely N-dealkylation sites (tertiary alicyclic amines) is 1. The second-order valence-corrected chi connectivity index (χ2v) is 8.95. The van der Waals surface area contributed by atoms with Crippen LogP contribution in [-0.4, -0.2) is 28.9 Å². The lowest BCUT2D eigenvalue weighted by Gasteiger charge is -2.31. The fraction of sp³-hybridized carbons (Fsp3) is 0.231. The molecule has 1 aliphatic heterocycles. The molecule has 1 saturated heterocycles. The summed E-state index contributed by atoms with van der Waals surface area (Å²) < 4.78 is 7.14. The Labute approximate surface area is 186 Å². The molecule has 0 radical (unpaired) electrons. The molecule has 1 amide bonds. The van der Waals surface area contributed by atoms with Crippen molar-refractivity contribution in [3.05, 3.63) is 95.0 Å². The fourth-order valence-corrected chi connectivity index (χ4v) is 5.17. The molecule has 4 nitrogen and oxygen atoms in total. The molecule has 0 aliphatic carbocycles. The predicted octanol–water partition coefficient (Wildman–Crippen LogP) is 5.90. The highest BCUT2D eigenvalue weighted by Crippen LogP contribution is 2.34. The second kappa shape index (κ2) is 8.90. The summed E-state index contributed by atoms with van der Waals surface area (Å²) in [5.74, 6) is 1.23. The van der Waals surface area contributed by atoms with Gasteiger partial charge < -0.3 is 9.64 Å². The molecular weight excluding hydrogens is 404 g/mol. The molecule has 0 saturated carbocycles. The zero-order chi connectivity index (χ0) is 21.0. The minimum atomic E-state index is 0.0768. The molecule has 3 aromatic carbocycles. The molecule has 1 aliphatic rings. The van der Waals surface area contributed by atoms with Crippen LogP contribution in [-0.2, 0) is 6.61 Å². The average molecular weight is 429 g/mol. The predicted molar refractivity (Wildman–Crippen MR) is 125 cm³/mol. The van der Waals surface area contributed by atoms with E-state index in [-0.39, 0.29) is 5.91 Å². The Bertz CT molecular complexity index is 1150. The van der Waals surface area contributed by atoms with Crippen LogP contribution in [0.5, 0.6) is 5.75 Å². The number of hydrogen-bond acceptors (Lipinski definition) is 4. The van der Waals surface area contributed by atoms with Crippen molar-refractivity contribution in [1.29, 1.82) is 0 Å². The van der Waals surface area contributed by atoms with Crippen molar-refractivity contribution < 1.29 is 9.53 Å². The Hall–Kier alpha value is -3.18. The summed E-state index contributed by atoms with van der Waals surface area (Å²) in [5.41, 5.74) is 2.87. The van der Waals surface area contributed by atoms with E-state index >= 15 is 0 Å². The summed E-state index contributed by atoms with van der Waals surface area (Å²) in [4.78, 5) is 19.8. The van der Waals surface area contributed by atoms with Crippen LogP contribution >= 0.6 is 11.3 Å². The summed E-state index contributed by atoms with van der Waals surface area (Å²) in [6.45, 7) is 2.01. The van der Waals surface area contributed by atoms with Gasteiger partial charge >= 0.3 is 0 Å². The number of nitrogens with zero attached hydrogens (tertiary/aromatic N) is 2. The Morgan fingerprint density at radius 2 is 1.74 bits per heavy atom. The number of ether oxygens (including phenoxy) is 1. The molecule has 31 heavy (non-hydrogen) atoms. The number of carbonyl (C=O) groups is 1. The van der Waals surface area contributed by atoms with Crippen LogP contribution in [0.2, 0.25) is 0 Å². The molecular formula is C26H24N2O2S. The van der Waals surface area contributed by atoms with Crippen molar-refractivity contribution in [1.82, 2.24) is 9.88 Å². The maximum Gasteiger partial charge on any atom is 0.253 e. The normalized spacial score (nSPS) is 14.6. The van der Waals surface area contributed by atoms with Crippen LogP contribution in [0.15, 0.2) is 78.9 Å². The summed E-state index contributed by atoms with van der Waals surface area (Å²) in [6.07, 6.45) is 1.91. The number of amides is 1. The molecule has 0 spiro atoms. The molecule has 1 fully saturated rings. The van der Waals surface area contributed by atoms with Gasteiger partial charge in [0, 0.05) is 24.6 Å². The van der Waals surface area contributed by atoms with E-state index < -0.39 is 0 Å². The first-order valence-corrected chi connectivity index (χ1v) is 11.5. The Balaban J connectivity index is 1.21. The van der Waals surface area contributed by atoms with Gasteiger partial charge in [-0.15, -0.1) is 11.3 Å². The Kier molecular flexibility index (Phi) is 5.67. The van der Waals surface area contributed by atoms with Gasteiger partial charge in [-0.05, 0) is 48.7 Å². The zero-order valence-corrected chi connectivity index (χ0v) is 18.1. The maximum absolute atomic E-state index is 13.1. The molecule has 5 rings (SSSR count). The summed E-state index contributed by atoms with van der Waals surface area (Å²) in [7, 11) is 0. The third-order valence-corrected chi connectivity index (χ3v) is 6.97. The van der Waals surface area contributed by atoms with Crippen molar-refractivity contribution >= 4 is 27.5 Å². The topological polar surface area (TPSA) is 42.4 Å². The van der Waals surface area contributed by atoms with Crippen LogP contribution in [0.25, 0.3) is 10.2 Å². The highest BCUT2D eigenvalue weighted by Gasteiger charge is 2.26. The Morgan fingerprint density at radius 1 is 0.968 bits per heavy atom. The van der Waals surface area contributed by atoms with Gasteiger partial charge in [-0.2, -0.15) is 0 Å². The van der Waals surface area contributed by atoms with Crippen LogP contribution in [0.3, 0.4) is 0 Å². The number of para-hydroxylation sites is 1. The number of carbonyl (C=O) groups excluding carboxylic acids is 1.